The number of hydrogen-bond donors (Lipinski definition) is 0. The van der Waals surface area contributed by atoms with E-state index in [4.69, 9.17) is 0 Å². The summed E-state index contributed by atoms with van der Waals surface area (Å²) < 4.78 is 25.7. The van der Waals surface area contributed by atoms with Crippen molar-refractivity contribution in [3.05, 3.63) is 0 Å². The van der Waals surface area contributed by atoms with Gasteiger partial charge in [0.25, 0.3) is 0 Å². The Morgan fingerprint density at radius 2 is 1.44 bits per heavy atom. The van der Waals surface area contributed by atoms with E-state index in [1.165, 1.54) is 25.7 Å². The lowest BCUT2D eigenvalue weighted by molar-refractivity contribution is -0.214. The van der Waals surface area contributed by atoms with Gasteiger partial charge >= 0.3 is 0 Å². The van der Waals surface area contributed by atoms with Crippen LogP contribution in [0.2, 0.25) is 0 Å². The number of alkyl halides is 2. The first-order chi connectivity index (χ1) is 7.48. The molecule has 0 nitrogen and oxygen atoms in total. The lowest BCUT2D eigenvalue weighted by atomic mass is 9.47. The van der Waals surface area contributed by atoms with Crippen LogP contribution in [0.4, 0.5) is 8.78 Å². The lowest BCUT2D eigenvalue weighted by Gasteiger charge is -2.59. The Bertz CT molecular complexity index is 260. The second kappa shape index (κ2) is 3.43. The second-order valence-corrected chi connectivity index (χ2v) is 6.90. The normalized spacial score (nSPS) is 41.4. The van der Waals surface area contributed by atoms with Crippen molar-refractivity contribution in [2.24, 2.45) is 23.2 Å². The van der Waals surface area contributed by atoms with E-state index in [-0.39, 0.29) is 18.3 Å². The first-order valence-corrected chi connectivity index (χ1v) is 6.86. The van der Waals surface area contributed by atoms with Crippen LogP contribution in [0, 0.1) is 23.2 Å². The summed E-state index contributed by atoms with van der Waals surface area (Å²) in [6.45, 7) is 2.34. The van der Waals surface area contributed by atoms with Crippen molar-refractivity contribution in [1.29, 1.82) is 0 Å². The Kier molecular flexibility index (Phi) is 2.35. The molecule has 0 bridgehead atoms. The molecule has 92 valence electrons. The van der Waals surface area contributed by atoms with Gasteiger partial charge in [-0.15, -0.1) is 0 Å². The van der Waals surface area contributed by atoms with Gasteiger partial charge in [0, 0.05) is 12.8 Å². The highest BCUT2D eigenvalue weighted by molar-refractivity contribution is 5.07. The summed E-state index contributed by atoms with van der Waals surface area (Å²) in [6, 6.07) is 0. The summed E-state index contributed by atoms with van der Waals surface area (Å²) in [7, 11) is 0. The van der Waals surface area contributed by atoms with Gasteiger partial charge in [-0.1, -0.05) is 19.8 Å². The summed E-state index contributed by atoms with van der Waals surface area (Å²) >= 11 is 0. The third-order valence-electron chi connectivity index (χ3n) is 5.38. The van der Waals surface area contributed by atoms with E-state index in [0.717, 1.165) is 30.6 Å². The van der Waals surface area contributed by atoms with Crippen molar-refractivity contribution < 1.29 is 8.78 Å². The minimum Gasteiger partial charge on any atom is -0.207 e. The maximum atomic E-state index is 12.9. The minimum absolute atomic E-state index is 0.0945. The van der Waals surface area contributed by atoms with Crippen molar-refractivity contribution in [2.75, 3.05) is 0 Å². The molecule has 3 fully saturated rings. The van der Waals surface area contributed by atoms with E-state index < -0.39 is 5.92 Å². The molecule has 3 rings (SSSR count). The van der Waals surface area contributed by atoms with Crippen molar-refractivity contribution in [3.8, 4) is 0 Å². The molecular weight excluding hydrogens is 206 g/mol. The summed E-state index contributed by atoms with van der Waals surface area (Å²) in [4.78, 5) is 0. The lowest BCUT2D eigenvalue weighted by Crippen LogP contribution is -2.55. The van der Waals surface area contributed by atoms with Crippen LogP contribution in [0.25, 0.3) is 0 Å². The molecular formula is C14H22F2. The first-order valence-electron chi connectivity index (χ1n) is 6.86. The minimum atomic E-state index is -2.31. The van der Waals surface area contributed by atoms with E-state index in [1.54, 1.807) is 0 Å². The van der Waals surface area contributed by atoms with Crippen LogP contribution in [-0.2, 0) is 0 Å². The average Bonchev–Trinajstić information content (AvgIpc) is 2.11. The molecule has 3 aliphatic carbocycles. The van der Waals surface area contributed by atoms with Crippen molar-refractivity contribution >= 4 is 0 Å². The van der Waals surface area contributed by atoms with Gasteiger partial charge in [0.1, 0.15) is 0 Å². The molecule has 1 spiro atoms. The Balaban J connectivity index is 1.47. The third-order valence-corrected chi connectivity index (χ3v) is 5.38. The van der Waals surface area contributed by atoms with E-state index >= 15 is 0 Å². The molecule has 0 N–H and O–H groups in total. The highest BCUT2D eigenvalue weighted by atomic mass is 19.3. The average molecular weight is 228 g/mol. The molecule has 2 heteroatoms. The van der Waals surface area contributed by atoms with Crippen LogP contribution in [0.1, 0.15) is 58.3 Å². The van der Waals surface area contributed by atoms with Crippen molar-refractivity contribution in [3.63, 3.8) is 0 Å². The van der Waals surface area contributed by atoms with Crippen LogP contribution < -0.4 is 0 Å². The zero-order valence-corrected chi connectivity index (χ0v) is 10.1. The fourth-order valence-corrected chi connectivity index (χ4v) is 4.48. The molecule has 0 unspecified atom stereocenters. The number of hydrogen-bond acceptors (Lipinski definition) is 0. The van der Waals surface area contributed by atoms with Crippen LogP contribution >= 0.6 is 0 Å². The van der Waals surface area contributed by atoms with Gasteiger partial charge in [0.05, 0.1) is 0 Å². The molecule has 3 saturated carbocycles. The molecule has 0 aromatic heterocycles. The molecule has 0 saturated heterocycles. The standard InChI is InChI=1S/C14H22F2/c1-10-2-4-11(5-3-10)12-6-13(7-12)8-14(15,16)9-13/h10-12H,2-9H2,1H3. The van der Waals surface area contributed by atoms with Crippen LogP contribution in [-0.4, -0.2) is 5.92 Å². The first kappa shape index (κ1) is 11.0. The highest BCUT2D eigenvalue weighted by Gasteiger charge is 2.62. The van der Waals surface area contributed by atoms with Gasteiger partial charge in [-0.3, -0.25) is 0 Å². The molecule has 16 heavy (non-hydrogen) atoms. The number of halogens is 2. The van der Waals surface area contributed by atoms with E-state index in [2.05, 4.69) is 6.92 Å². The predicted molar refractivity (Wildman–Crippen MR) is 60.5 cm³/mol. The molecule has 0 radical (unpaired) electrons. The zero-order valence-electron chi connectivity index (χ0n) is 10.1. The van der Waals surface area contributed by atoms with Gasteiger partial charge < -0.3 is 0 Å². The highest BCUT2D eigenvalue weighted by Crippen LogP contribution is 2.66. The van der Waals surface area contributed by atoms with Crippen LogP contribution in [0.3, 0.4) is 0 Å². The molecule has 0 amide bonds. The second-order valence-electron chi connectivity index (χ2n) is 6.90. The molecule has 0 heterocycles. The summed E-state index contributed by atoms with van der Waals surface area (Å²) in [5.74, 6) is 0.254. The van der Waals surface area contributed by atoms with Gasteiger partial charge in [0.2, 0.25) is 5.92 Å². The SMILES string of the molecule is CC1CCC(C2CC3(C2)CC(F)(F)C3)CC1. The Labute approximate surface area is 96.8 Å². The predicted octanol–water partition coefficient (Wildman–Crippen LogP) is 4.64. The molecule has 0 aromatic rings. The smallest absolute Gasteiger partial charge is 0.207 e. The van der Waals surface area contributed by atoms with E-state index in [0.29, 0.717) is 0 Å². The molecule has 0 aliphatic heterocycles. The Morgan fingerprint density at radius 1 is 0.875 bits per heavy atom. The fourth-order valence-electron chi connectivity index (χ4n) is 4.48. The van der Waals surface area contributed by atoms with Gasteiger partial charge in [-0.25, -0.2) is 8.78 Å². The molecule has 0 aromatic carbocycles. The molecule has 0 atom stereocenters. The fraction of sp³-hybridized carbons (Fsp3) is 1.00. The maximum absolute atomic E-state index is 12.9. The zero-order chi connectivity index (χ0) is 11.4. The van der Waals surface area contributed by atoms with E-state index in [1.807, 2.05) is 0 Å². The Hall–Kier alpha value is -0.140. The summed E-state index contributed by atoms with van der Waals surface area (Å²) in [5, 5.41) is 0. The van der Waals surface area contributed by atoms with Gasteiger partial charge in [0.15, 0.2) is 0 Å². The summed E-state index contributed by atoms with van der Waals surface area (Å²) in [5.41, 5.74) is 0.0945. The molecule has 3 aliphatic rings. The third kappa shape index (κ3) is 1.78. The van der Waals surface area contributed by atoms with Crippen molar-refractivity contribution in [2.45, 2.75) is 64.2 Å². The Morgan fingerprint density at radius 3 is 1.94 bits per heavy atom. The van der Waals surface area contributed by atoms with Crippen LogP contribution in [0.15, 0.2) is 0 Å². The quantitative estimate of drug-likeness (QED) is 0.613. The largest absolute Gasteiger partial charge is 0.249 e. The summed E-state index contributed by atoms with van der Waals surface area (Å²) in [6.07, 6.45) is 8.06. The van der Waals surface area contributed by atoms with Gasteiger partial charge in [-0.2, -0.15) is 0 Å². The van der Waals surface area contributed by atoms with Crippen molar-refractivity contribution in [1.82, 2.24) is 0 Å². The van der Waals surface area contributed by atoms with Crippen LogP contribution in [0.5, 0.6) is 0 Å². The van der Waals surface area contributed by atoms with E-state index in [9.17, 15) is 8.78 Å². The maximum Gasteiger partial charge on any atom is 0.249 e. The number of rotatable bonds is 1. The monoisotopic (exact) mass is 228 g/mol. The topological polar surface area (TPSA) is 0 Å². The van der Waals surface area contributed by atoms with Gasteiger partial charge in [-0.05, 0) is 48.9 Å².